The molecule has 0 aromatic heterocycles. The summed E-state index contributed by atoms with van der Waals surface area (Å²) in [5, 5.41) is 3.50. The summed E-state index contributed by atoms with van der Waals surface area (Å²) in [6.07, 6.45) is 6.02. The number of hydrogen-bond acceptors (Lipinski definition) is 2. The largest absolute Gasteiger partial charge is 0.487 e. The van der Waals surface area contributed by atoms with Gasteiger partial charge in [-0.25, -0.2) is 0 Å². The van der Waals surface area contributed by atoms with Crippen molar-refractivity contribution in [3.05, 3.63) is 29.3 Å². The van der Waals surface area contributed by atoms with E-state index >= 15 is 0 Å². The summed E-state index contributed by atoms with van der Waals surface area (Å²) < 4.78 is 6.50. The highest BCUT2D eigenvalue weighted by molar-refractivity contribution is 5.41. The molecule has 3 rings (SSSR count). The molecule has 1 fully saturated rings. The molecule has 1 aromatic rings. The Morgan fingerprint density at radius 1 is 1.15 bits per heavy atom. The van der Waals surface area contributed by atoms with Gasteiger partial charge in [-0.05, 0) is 51.1 Å². The second-order valence-corrected chi connectivity index (χ2v) is 7.54. The quantitative estimate of drug-likeness (QED) is 0.820. The van der Waals surface area contributed by atoms with E-state index in [1.54, 1.807) is 0 Å². The summed E-state index contributed by atoms with van der Waals surface area (Å²) in [6, 6.07) is 7.03. The predicted octanol–water partition coefficient (Wildman–Crippen LogP) is 4.38. The first kappa shape index (κ1) is 13.9. The van der Waals surface area contributed by atoms with Gasteiger partial charge in [-0.2, -0.15) is 0 Å². The Balaban J connectivity index is 1.90. The minimum atomic E-state index is 0.0610. The highest BCUT2D eigenvalue weighted by Crippen LogP contribution is 2.49. The van der Waals surface area contributed by atoms with Crippen LogP contribution in [0.25, 0.3) is 0 Å². The zero-order chi connectivity index (χ0) is 14.4. The van der Waals surface area contributed by atoms with Gasteiger partial charge in [0.05, 0.1) is 0 Å². The van der Waals surface area contributed by atoms with Crippen molar-refractivity contribution in [3.8, 4) is 5.75 Å². The Kier molecular flexibility index (Phi) is 3.32. The molecule has 0 saturated heterocycles. The average molecular weight is 273 g/mol. The number of aryl methyl sites for hydroxylation is 1. The predicted molar refractivity (Wildman–Crippen MR) is 83.2 cm³/mol. The number of nitrogens with one attached hydrogen (secondary N) is 1. The summed E-state index contributed by atoms with van der Waals surface area (Å²) in [6.45, 7) is 6.92. The van der Waals surface area contributed by atoms with Gasteiger partial charge >= 0.3 is 0 Å². The normalized spacial score (nSPS) is 26.9. The van der Waals surface area contributed by atoms with Crippen LogP contribution in [0.2, 0.25) is 0 Å². The maximum absolute atomic E-state index is 6.50. The Labute approximate surface area is 122 Å². The van der Waals surface area contributed by atoms with Crippen molar-refractivity contribution in [2.24, 2.45) is 5.41 Å². The molecule has 0 amide bonds. The van der Waals surface area contributed by atoms with Gasteiger partial charge in [0.2, 0.25) is 0 Å². The molecule has 2 heteroatoms. The van der Waals surface area contributed by atoms with Crippen LogP contribution in [0.4, 0.5) is 0 Å². The molecule has 1 aliphatic carbocycles. The zero-order valence-electron chi connectivity index (χ0n) is 13.3. The van der Waals surface area contributed by atoms with E-state index in [2.05, 4.69) is 51.3 Å². The Bertz CT molecular complexity index is 496. The minimum Gasteiger partial charge on any atom is -0.487 e. The van der Waals surface area contributed by atoms with Crippen LogP contribution in [0.1, 0.15) is 63.1 Å². The molecule has 110 valence electrons. The fraction of sp³-hybridized carbons (Fsp3) is 0.667. The van der Waals surface area contributed by atoms with E-state index < -0.39 is 0 Å². The summed E-state index contributed by atoms with van der Waals surface area (Å²) in [5.74, 6) is 1.10. The molecule has 1 aliphatic heterocycles. The third-order valence-corrected chi connectivity index (χ3v) is 5.31. The van der Waals surface area contributed by atoms with Crippen LogP contribution >= 0.6 is 0 Å². The van der Waals surface area contributed by atoms with E-state index in [4.69, 9.17) is 4.74 Å². The molecule has 2 aliphatic rings. The zero-order valence-corrected chi connectivity index (χ0v) is 13.3. The van der Waals surface area contributed by atoms with Gasteiger partial charge in [0.1, 0.15) is 11.4 Å². The molecule has 1 unspecified atom stereocenters. The second-order valence-electron chi connectivity index (χ2n) is 7.54. The number of ether oxygens (including phenoxy) is 1. The highest BCUT2D eigenvalue weighted by atomic mass is 16.5. The lowest BCUT2D eigenvalue weighted by atomic mass is 9.68. The molecule has 0 radical (unpaired) electrons. The number of fused-ring (bicyclic) bond motifs is 1. The van der Waals surface area contributed by atoms with Crippen molar-refractivity contribution in [2.75, 3.05) is 7.05 Å². The maximum Gasteiger partial charge on any atom is 0.124 e. The minimum absolute atomic E-state index is 0.0610. The van der Waals surface area contributed by atoms with Gasteiger partial charge in [0.25, 0.3) is 0 Å². The average Bonchev–Trinajstić information content (AvgIpc) is 2.42. The molecule has 1 saturated carbocycles. The Morgan fingerprint density at radius 3 is 2.50 bits per heavy atom. The maximum atomic E-state index is 6.50. The van der Waals surface area contributed by atoms with Crippen LogP contribution in [-0.4, -0.2) is 12.6 Å². The van der Waals surface area contributed by atoms with Gasteiger partial charge < -0.3 is 10.1 Å². The summed E-state index contributed by atoms with van der Waals surface area (Å²) >= 11 is 0. The first-order valence-electron chi connectivity index (χ1n) is 7.90. The molecule has 20 heavy (non-hydrogen) atoms. The summed E-state index contributed by atoms with van der Waals surface area (Å²) in [7, 11) is 2.07. The number of hydrogen-bond donors (Lipinski definition) is 1. The standard InChI is InChI=1S/C18H27NO/c1-13-5-6-16-14(11-13)15(19-4)12-18(20-16)9-7-17(2,3)8-10-18/h5-6,11,15,19H,7-10,12H2,1-4H3. The monoisotopic (exact) mass is 273 g/mol. The first-order chi connectivity index (χ1) is 9.43. The van der Waals surface area contributed by atoms with Crippen LogP contribution in [0, 0.1) is 12.3 Å². The van der Waals surface area contributed by atoms with Gasteiger partial charge in [0, 0.05) is 18.0 Å². The first-order valence-corrected chi connectivity index (χ1v) is 7.90. The van der Waals surface area contributed by atoms with E-state index in [-0.39, 0.29) is 5.60 Å². The van der Waals surface area contributed by atoms with Crippen molar-refractivity contribution in [1.82, 2.24) is 5.32 Å². The van der Waals surface area contributed by atoms with E-state index in [1.165, 1.54) is 36.8 Å². The number of rotatable bonds is 1. The lowest BCUT2D eigenvalue weighted by molar-refractivity contribution is -0.0289. The number of benzene rings is 1. The fourth-order valence-corrected chi connectivity index (χ4v) is 3.74. The summed E-state index contributed by atoms with van der Waals surface area (Å²) in [4.78, 5) is 0. The fourth-order valence-electron chi connectivity index (χ4n) is 3.74. The van der Waals surface area contributed by atoms with E-state index in [0.717, 1.165) is 12.2 Å². The van der Waals surface area contributed by atoms with Crippen molar-refractivity contribution in [2.45, 2.75) is 64.5 Å². The smallest absolute Gasteiger partial charge is 0.124 e. The lowest BCUT2D eigenvalue weighted by Gasteiger charge is -2.48. The van der Waals surface area contributed by atoms with E-state index in [0.29, 0.717) is 11.5 Å². The molecule has 0 bridgehead atoms. The van der Waals surface area contributed by atoms with Crippen molar-refractivity contribution in [3.63, 3.8) is 0 Å². The molecule has 1 atom stereocenters. The molecule has 2 nitrogen and oxygen atoms in total. The molecular formula is C18H27NO. The van der Waals surface area contributed by atoms with Crippen LogP contribution in [0.3, 0.4) is 0 Å². The topological polar surface area (TPSA) is 21.3 Å². The van der Waals surface area contributed by atoms with Gasteiger partial charge in [-0.3, -0.25) is 0 Å². The van der Waals surface area contributed by atoms with Gasteiger partial charge in [-0.1, -0.05) is 31.5 Å². The van der Waals surface area contributed by atoms with Gasteiger partial charge in [-0.15, -0.1) is 0 Å². The van der Waals surface area contributed by atoms with Crippen LogP contribution < -0.4 is 10.1 Å². The molecule has 1 N–H and O–H groups in total. The van der Waals surface area contributed by atoms with Crippen molar-refractivity contribution < 1.29 is 4.74 Å². The molecule has 1 spiro atoms. The second kappa shape index (κ2) is 4.77. The van der Waals surface area contributed by atoms with Crippen LogP contribution in [-0.2, 0) is 0 Å². The highest BCUT2D eigenvalue weighted by Gasteiger charge is 2.44. The Morgan fingerprint density at radius 2 is 1.85 bits per heavy atom. The Hall–Kier alpha value is -1.02. The lowest BCUT2D eigenvalue weighted by Crippen LogP contribution is -2.47. The molecular weight excluding hydrogens is 246 g/mol. The van der Waals surface area contributed by atoms with Crippen LogP contribution in [0.5, 0.6) is 5.75 Å². The summed E-state index contributed by atoms with van der Waals surface area (Å²) in [5.41, 5.74) is 3.19. The SMILES string of the molecule is CNC1CC2(CCC(C)(C)CC2)Oc2ccc(C)cc21. The molecule has 1 heterocycles. The van der Waals surface area contributed by atoms with E-state index in [9.17, 15) is 0 Å². The van der Waals surface area contributed by atoms with Gasteiger partial charge in [0.15, 0.2) is 0 Å². The van der Waals surface area contributed by atoms with Crippen molar-refractivity contribution >= 4 is 0 Å². The third kappa shape index (κ3) is 2.46. The third-order valence-electron chi connectivity index (χ3n) is 5.31. The van der Waals surface area contributed by atoms with E-state index in [1.807, 2.05) is 0 Å². The molecule has 1 aromatic carbocycles. The van der Waals surface area contributed by atoms with Crippen LogP contribution in [0.15, 0.2) is 18.2 Å². The van der Waals surface area contributed by atoms with Crippen molar-refractivity contribution in [1.29, 1.82) is 0 Å².